The molecule has 0 bridgehead atoms. The van der Waals surface area contributed by atoms with Crippen LogP contribution < -0.4 is 0 Å². The molecule has 0 heterocycles. The van der Waals surface area contributed by atoms with Gasteiger partial charge in [-0.3, -0.25) is 0 Å². The molecule has 1 atom stereocenters. The molecule has 0 radical (unpaired) electrons. The van der Waals surface area contributed by atoms with Crippen molar-refractivity contribution in [1.82, 2.24) is 0 Å². The summed E-state index contributed by atoms with van der Waals surface area (Å²) < 4.78 is 0. The van der Waals surface area contributed by atoms with Gasteiger partial charge in [-0.2, -0.15) is 0 Å². The Morgan fingerprint density at radius 3 is 2.50 bits per heavy atom. The molecule has 0 fully saturated rings. The van der Waals surface area contributed by atoms with Gasteiger partial charge in [-0.25, -0.2) is 0 Å². The fraction of sp³-hybridized carbons (Fsp3) is 1.00. The molecular weight excluding hydrogens is 148 g/mol. The van der Waals surface area contributed by atoms with E-state index in [0.717, 1.165) is 18.6 Å². The Kier molecular flexibility index (Phi) is 7.58. The lowest BCUT2D eigenvalue weighted by molar-refractivity contribution is 0.262. The lowest BCUT2D eigenvalue weighted by Gasteiger charge is -2.10. The van der Waals surface area contributed by atoms with Gasteiger partial charge in [-0.15, -0.1) is 11.8 Å². The highest BCUT2D eigenvalue weighted by Gasteiger charge is 2.03. The van der Waals surface area contributed by atoms with E-state index < -0.39 is 0 Å². The quantitative estimate of drug-likeness (QED) is 0.577. The molecule has 0 saturated carbocycles. The van der Waals surface area contributed by atoms with E-state index in [-0.39, 0.29) is 12.5 Å². The van der Waals surface area contributed by atoms with Crippen LogP contribution in [0, 0.1) is 5.92 Å². The minimum Gasteiger partial charge on any atom is -0.396 e. The Morgan fingerprint density at radius 2 is 2.10 bits per heavy atom. The van der Waals surface area contributed by atoms with Gasteiger partial charge < -0.3 is 10.2 Å². The fourth-order valence-electron chi connectivity index (χ4n) is 0.807. The van der Waals surface area contributed by atoms with Crippen molar-refractivity contribution in [1.29, 1.82) is 0 Å². The highest BCUT2D eigenvalue weighted by atomic mass is 32.2. The van der Waals surface area contributed by atoms with Gasteiger partial charge in [0.05, 0.1) is 5.94 Å². The van der Waals surface area contributed by atoms with E-state index in [0.29, 0.717) is 5.92 Å². The molecule has 0 aliphatic heterocycles. The molecular formula is C7H16O2S. The van der Waals surface area contributed by atoms with Crippen molar-refractivity contribution < 1.29 is 10.2 Å². The summed E-state index contributed by atoms with van der Waals surface area (Å²) in [6.07, 6.45) is 1.96. The number of hydrogen-bond donors (Lipinski definition) is 2. The highest BCUT2D eigenvalue weighted by Crippen LogP contribution is 2.14. The molecule has 0 aromatic heterocycles. The highest BCUT2D eigenvalue weighted by molar-refractivity contribution is 7.99. The first-order chi connectivity index (χ1) is 4.85. The van der Waals surface area contributed by atoms with Gasteiger partial charge in [-0.05, 0) is 18.1 Å². The summed E-state index contributed by atoms with van der Waals surface area (Å²) in [4.78, 5) is 0. The van der Waals surface area contributed by atoms with Crippen LogP contribution in [0.3, 0.4) is 0 Å². The minimum atomic E-state index is 0.196. The molecule has 2 N–H and O–H groups in total. The van der Waals surface area contributed by atoms with Crippen LogP contribution in [-0.2, 0) is 0 Å². The zero-order valence-electron chi connectivity index (χ0n) is 6.42. The van der Waals surface area contributed by atoms with Crippen LogP contribution in [0.4, 0.5) is 0 Å². The second kappa shape index (κ2) is 7.38. The average molecular weight is 164 g/mol. The molecule has 3 heteroatoms. The topological polar surface area (TPSA) is 40.5 Å². The molecule has 10 heavy (non-hydrogen) atoms. The lowest BCUT2D eigenvalue weighted by atomic mass is 10.1. The average Bonchev–Trinajstić information content (AvgIpc) is 1.98. The number of aliphatic hydroxyl groups excluding tert-OH is 2. The van der Waals surface area contributed by atoms with E-state index in [1.807, 2.05) is 0 Å². The van der Waals surface area contributed by atoms with Gasteiger partial charge in [0.2, 0.25) is 0 Å². The lowest BCUT2D eigenvalue weighted by Crippen LogP contribution is -2.05. The van der Waals surface area contributed by atoms with Crippen LogP contribution >= 0.6 is 11.8 Å². The normalized spacial score (nSPS) is 13.5. The standard InChI is InChI=1S/C7H16O2S/c1-2-7(3-4-8)5-10-6-9/h7-9H,2-6H2,1H3. The second-order valence-electron chi connectivity index (χ2n) is 2.29. The molecule has 0 spiro atoms. The van der Waals surface area contributed by atoms with E-state index in [9.17, 15) is 0 Å². The van der Waals surface area contributed by atoms with Gasteiger partial charge in [0.15, 0.2) is 0 Å². The third-order valence-electron chi connectivity index (χ3n) is 1.56. The van der Waals surface area contributed by atoms with Crippen molar-refractivity contribution >= 4 is 11.8 Å². The van der Waals surface area contributed by atoms with Crippen LogP contribution in [0.5, 0.6) is 0 Å². The maximum Gasteiger partial charge on any atom is 0.0886 e. The van der Waals surface area contributed by atoms with E-state index >= 15 is 0 Å². The van der Waals surface area contributed by atoms with Gasteiger partial charge in [-0.1, -0.05) is 13.3 Å². The number of aliphatic hydroxyl groups is 2. The van der Waals surface area contributed by atoms with E-state index in [4.69, 9.17) is 10.2 Å². The molecule has 0 aliphatic rings. The maximum absolute atomic E-state index is 8.60. The van der Waals surface area contributed by atoms with Crippen molar-refractivity contribution in [3.05, 3.63) is 0 Å². The molecule has 0 saturated heterocycles. The fourth-order valence-corrected chi connectivity index (χ4v) is 1.65. The summed E-state index contributed by atoms with van der Waals surface area (Å²) in [5.41, 5.74) is 0. The molecule has 0 aromatic carbocycles. The Labute approximate surface area is 66.6 Å². The second-order valence-corrected chi connectivity index (χ2v) is 3.29. The smallest absolute Gasteiger partial charge is 0.0886 e. The molecule has 0 amide bonds. The van der Waals surface area contributed by atoms with E-state index in [1.165, 1.54) is 11.8 Å². The SMILES string of the molecule is CCC(CCO)CSCO. The zero-order valence-corrected chi connectivity index (χ0v) is 7.23. The zero-order chi connectivity index (χ0) is 7.82. The van der Waals surface area contributed by atoms with Crippen molar-refractivity contribution in [3.8, 4) is 0 Å². The van der Waals surface area contributed by atoms with Gasteiger partial charge in [0, 0.05) is 6.61 Å². The third kappa shape index (κ3) is 5.09. The molecule has 0 aliphatic carbocycles. The number of rotatable bonds is 6. The Hall–Kier alpha value is 0.270. The van der Waals surface area contributed by atoms with Gasteiger partial charge >= 0.3 is 0 Å². The van der Waals surface area contributed by atoms with Crippen LogP contribution in [0.1, 0.15) is 19.8 Å². The monoisotopic (exact) mass is 164 g/mol. The first kappa shape index (κ1) is 10.3. The van der Waals surface area contributed by atoms with Gasteiger partial charge in [0.1, 0.15) is 0 Å². The van der Waals surface area contributed by atoms with Crippen LogP contribution in [0.15, 0.2) is 0 Å². The Morgan fingerprint density at radius 1 is 1.40 bits per heavy atom. The Bertz CT molecular complexity index is 68.6. The summed E-state index contributed by atoms with van der Waals surface area (Å²) in [5, 5.41) is 17.1. The first-order valence-electron chi connectivity index (χ1n) is 3.64. The summed E-state index contributed by atoms with van der Waals surface area (Å²) in [6, 6.07) is 0. The van der Waals surface area contributed by atoms with Crippen molar-refractivity contribution in [2.45, 2.75) is 19.8 Å². The summed E-state index contributed by atoms with van der Waals surface area (Å²) >= 11 is 1.53. The van der Waals surface area contributed by atoms with Crippen LogP contribution in [0.2, 0.25) is 0 Å². The van der Waals surface area contributed by atoms with Gasteiger partial charge in [0.25, 0.3) is 0 Å². The summed E-state index contributed by atoms with van der Waals surface area (Å²) in [5.74, 6) is 1.73. The summed E-state index contributed by atoms with van der Waals surface area (Å²) in [7, 11) is 0. The molecule has 2 nitrogen and oxygen atoms in total. The van der Waals surface area contributed by atoms with E-state index in [1.54, 1.807) is 0 Å². The third-order valence-corrected chi connectivity index (χ3v) is 2.45. The van der Waals surface area contributed by atoms with Crippen LogP contribution in [0.25, 0.3) is 0 Å². The van der Waals surface area contributed by atoms with Crippen molar-refractivity contribution in [2.24, 2.45) is 5.92 Å². The van der Waals surface area contributed by atoms with E-state index in [2.05, 4.69) is 6.92 Å². The predicted octanol–water partition coefficient (Wildman–Crippen LogP) is 1.08. The minimum absolute atomic E-state index is 0.196. The van der Waals surface area contributed by atoms with Crippen molar-refractivity contribution in [2.75, 3.05) is 18.3 Å². The molecule has 62 valence electrons. The molecule has 1 unspecified atom stereocenters. The molecule has 0 aromatic rings. The molecule has 0 rings (SSSR count). The largest absolute Gasteiger partial charge is 0.396 e. The van der Waals surface area contributed by atoms with Crippen LogP contribution in [-0.4, -0.2) is 28.5 Å². The number of hydrogen-bond acceptors (Lipinski definition) is 3. The maximum atomic E-state index is 8.60. The summed E-state index contributed by atoms with van der Waals surface area (Å²) in [6.45, 7) is 2.38. The van der Waals surface area contributed by atoms with Crippen molar-refractivity contribution in [3.63, 3.8) is 0 Å². The first-order valence-corrected chi connectivity index (χ1v) is 4.80. The predicted molar refractivity (Wildman–Crippen MR) is 45.0 cm³/mol. The Balaban J connectivity index is 3.21. The number of thioether (sulfide) groups is 1.